The maximum atomic E-state index is 11.6. The molecule has 1 aromatic heterocycles. The monoisotopic (exact) mass is 305 g/mol. The van der Waals surface area contributed by atoms with E-state index in [-0.39, 0.29) is 5.82 Å². The molecule has 1 aliphatic rings. The maximum Gasteiger partial charge on any atom is 0.269 e. The molecule has 0 saturated heterocycles. The van der Waals surface area contributed by atoms with Gasteiger partial charge in [0.1, 0.15) is 11.5 Å². The fourth-order valence-electron chi connectivity index (χ4n) is 2.10. The molecule has 7 heteroatoms. The number of fused-ring (bicyclic) bond motifs is 1. The van der Waals surface area contributed by atoms with E-state index in [0.717, 1.165) is 0 Å². The molecule has 108 valence electrons. The highest BCUT2D eigenvalue weighted by Crippen LogP contribution is 2.29. The van der Waals surface area contributed by atoms with Gasteiger partial charge in [-0.3, -0.25) is 10.0 Å². The molecule has 1 aliphatic heterocycles. The number of pyridine rings is 1. The molecule has 0 aliphatic carbocycles. The first kappa shape index (κ1) is 13.8. The summed E-state index contributed by atoms with van der Waals surface area (Å²) < 4.78 is 5.65. The minimum atomic E-state index is -0.782. The van der Waals surface area contributed by atoms with Crippen molar-refractivity contribution in [1.82, 2.24) is 4.98 Å². The van der Waals surface area contributed by atoms with Crippen molar-refractivity contribution < 1.29 is 14.7 Å². The molecule has 0 bridgehead atoms. The quantitative estimate of drug-likeness (QED) is 0.830. The first-order chi connectivity index (χ1) is 10.0. The number of carbonyl (C=O) groups excluding carboxylic acids is 1. The number of nitrogens with zero attached hydrogens (tertiary/aromatic N) is 2. The number of carbonyl (C=O) groups is 1. The summed E-state index contributed by atoms with van der Waals surface area (Å²) in [6.07, 6.45) is 1.73. The zero-order chi connectivity index (χ0) is 15.0. The summed E-state index contributed by atoms with van der Waals surface area (Å²) in [5, 5.41) is 10.8. The number of hydrogen-bond acceptors (Lipinski definition) is 5. The summed E-state index contributed by atoms with van der Waals surface area (Å²) in [6, 6.07) is 7.81. The lowest BCUT2D eigenvalue weighted by molar-refractivity contribution is -0.125. The van der Waals surface area contributed by atoms with Gasteiger partial charge in [-0.2, -0.15) is 5.06 Å². The van der Waals surface area contributed by atoms with Crippen LogP contribution in [0.3, 0.4) is 0 Å². The van der Waals surface area contributed by atoms with E-state index in [1.54, 1.807) is 30.3 Å². The van der Waals surface area contributed by atoms with Gasteiger partial charge in [-0.1, -0.05) is 11.6 Å². The smallest absolute Gasteiger partial charge is 0.269 e. The highest BCUT2D eigenvalue weighted by atomic mass is 35.5. The predicted octanol–water partition coefficient (Wildman–Crippen LogP) is 2.13. The largest absolute Gasteiger partial charge is 0.456 e. The Hall–Kier alpha value is -2.15. The molecule has 0 radical (unpaired) electrons. The topological polar surface area (TPSA) is 88.7 Å². The summed E-state index contributed by atoms with van der Waals surface area (Å²) in [5.74, 6) is 0.718. The zero-order valence-corrected chi connectivity index (χ0v) is 11.6. The standard InChI is InChI=1S/C14H12ClN3O3/c15-9-1-3-10(4-2-9)21-11-5-8-6-12(16)14(19)18(20)13(8)17-7-11/h1-5,7,12,20H,6,16H2/t12-/m0/s1. The third-order valence-corrected chi connectivity index (χ3v) is 3.39. The minimum absolute atomic E-state index is 0.185. The van der Waals surface area contributed by atoms with Crippen LogP contribution in [0.25, 0.3) is 0 Å². The van der Waals surface area contributed by atoms with E-state index in [9.17, 15) is 10.0 Å². The number of hydroxylamine groups is 1. The van der Waals surface area contributed by atoms with Gasteiger partial charge < -0.3 is 10.5 Å². The number of nitrogens with two attached hydrogens (primary N) is 1. The van der Waals surface area contributed by atoms with E-state index in [0.29, 0.717) is 33.6 Å². The van der Waals surface area contributed by atoms with E-state index in [2.05, 4.69) is 4.98 Å². The van der Waals surface area contributed by atoms with Gasteiger partial charge in [0.15, 0.2) is 5.82 Å². The van der Waals surface area contributed by atoms with Crippen LogP contribution in [0.4, 0.5) is 5.82 Å². The Morgan fingerprint density at radius 3 is 2.76 bits per heavy atom. The Balaban J connectivity index is 1.88. The normalized spacial score (nSPS) is 17.6. The number of hydrogen-bond donors (Lipinski definition) is 2. The summed E-state index contributed by atoms with van der Waals surface area (Å²) in [5.41, 5.74) is 6.32. The number of amides is 1. The second kappa shape index (κ2) is 5.33. The highest BCUT2D eigenvalue weighted by molar-refractivity contribution is 6.30. The van der Waals surface area contributed by atoms with Crippen molar-refractivity contribution >= 4 is 23.3 Å². The Bertz CT molecular complexity index is 690. The summed E-state index contributed by atoms with van der Waals surface area (Å²) >= 11 is 5.81. The zero-order valence-electron chi connectivity index (χ0n) is 10.9. The Kier molecular flexibility index (Phi) is 3.50. The SMILES string of the molecule is N[C@H]1Cc2cc(Oc3ccc(Cl)cc3)cnc2N(O)C1=O. The summed E-state index contributed by atoms with van der Waals surface area (Å²) in [6.45, 7) is 0. The van der Waals surface area contributed by atoms with Gasteiger partial charge in [0.25, 0.3) is 5.91 Å². The maximum absolute atomic E-state index is 11.6. The van der Waals surface area contributed by atoms with Crippen molar-refractivity contribution in [3.8, 4) is 11.5 Å². The molecular formula is C14H12ClN3O3. The summed E-state index contributed by atoms with van der Waals surface area (Å²) in [7, 11) is 0. The van der Waals surface area contributed by atoms with Crippen LogP contribution in [0, 0.1) is 0 Å². The van der Waals surface area contributed by atoms with Crippen LogP contribution in [0.1, 0.15) is 5.56 Å². The van der Waals surface area contributed by atoms with Crippen molar-refractivity contribution in [3.63, 3.8) is 0 Å². The van der Waals surface area contributed by atoms with Crippen LogP contribution in [0.15, 0.2) is 36.5 Å². The van der Waals surface area contributed by atoms with Gasteiger partial charge in [0.05, 0.1) is 12.2 Å². The number of aromatic nitrogens is 1. The lowest BCUT2D eigenvalue weighted by Crippen LogP contribution is -2.47. The van der Waals surface area contributed by atoms with Crippen LogP contribution >= 0.6 is 11.6 Å². The highest BCUT2D eigenvalue weighted by Gasteiger charge is 2.31. The molecule has 21 heavy (non-hydrogen) atoms. The van der Waals surface area contributed by atoms with Crippen LogP contribution < -0.4 is 15.5 Å². The van der Waals surface area contributed by atoms with Crippen LogP contribution in [0.5, 0.6) is 11.5 Å². The average Bonchev–Trinajstić information content (AvgIpc) is 2.47. The molecule has 0 unspecified atom stereocenters. The number of rotatable bonds is 2. The fourth-order valence-corrected chi connectivity index (χ4v) is 2.23. The molecule has 0 spiro atoms. The number of benzene rings is 1. The third-order valence-electron chi connectivity index (χ3n) is 3.13. The number of halogens is 1. The molecular weight excluding hydrogens is 294 g/mol. The van der Waals surface area contributed by atoms with Crippen molar-refractivity contribution in [1.29, 1.82) is 0 Å². The van der Waals surface area contributed by atoms with Crippen LogP contribution in [-0.2, 0) is 11.2 Å². The molecule has 0 fully saturated rings. The van der Waals surface area contributed by atoms with E-state index in [1.807, 2.05) is 0 Å². The van der Waals surface area contributed by atoms with Crippen molar-refractivity contribution in [2.45, 2.75) is 12.5 Å². The molecule has 3 rings (SSSR count). The van der Waals surface area contributed by atoms with Crippen molar-refractivity contribution in [2.75, 3.05) is 5.06 Å². The summed E-state index contributed by atoms with van der Waals surface area (Å²) in [4.78, 5) is 15.6. The van der Waals surface area contributed by atoms with E-state index < -0.39 is 11.9 Å². The molecule has 1 atom stereocenters. The lowest BCUT2D eigenvalue weighted by atomic mass is 10.0. The van der Waals surface area contributed by atoms with Gasteiger partial charge in [0, 0.05) is 17.0 Å². The molecule has 1 amide bonds. The second-order valence-corrected chi connectivity index (χ2v) is 5.11. The van der Waals surface area contributed by atoms with E-state index >= 15 is 0 Å². The molecule has 2 heterocycles. The molecule has 2 aromatic rings. The van der Waals surface area contributed by atoms with Gasteiger partial charge in [-0.25, -0.2) is 4.98 Å². The van der Waals surface area contributed by atoms with Gasteiger partial charge >= 0.3 is 0 Å². The Labute approximate surface area is 125 Å². The minimum Gasteiger partial charge on any atom is -0.456 e. The molecule has 0 saturated carbocycles. The van der Waals surface area contributed by atoms with Crippen LogP contribution in [-0.4, -0.2) is 22.1 Å². The first-order valence-electron chi connectivity index (χ1n) is 6.25. The fraction of sp³-hybridized carbons (Fsp3) is 0.143. The van der Waals surface area contributed by atoms with Crippen molar-refractivity contribution in [2.24, 2.45) is 5.73 Å². The van der Waals surface area contributed by atoms with Gasteiger partial charge in [-0.05, 0) is 30.3 Å². The lowest BCUT2D eigenvalue weighted by Gasteiger charge is -2.26. The third kappa shape index (κ3) is 2.69. The van der Waals surface area contributed by atoms with E-state index in [1.165, 1.54) is 6.20 Å². The van der Waals surface area contributed by atoms with Crippen LogP contribution in [0.2, 0.25) is 5.02 Å². The number of anilines is 1. The average molecular weight is 306 g/mol. The molecule has 3 N–H and O–H groups in total. The van der Waals surface area contributed by atoms with Gasteiger partial charge in [-0.15, -0.1) is 0 Å². The van der Waals surface area contributed by atoms with E-state index in [4.69, 9.17) is 22.1 Å². The molecule has 6 nitrogen and oxygen atoms in total. The first-order valence-corrected chi connectivity index (χ1v) is 6.63. The second-order valence-electron chi connectivity index (χ2n) is 4.67. The molecule has 1 aromatic carbocycles. The van der Waals surface area contributed by atoms with Gasteiger partial charge in [0.2, 0.25) is 0 Å². The Morgan fingerprint density at radius 1 is 1.33 bits per heavy atom. The predicted molar refractivity (Wildman–Crippen MR) is 76.7 cm³/mol. The number of ether oxygens (including phenoxy) is 1. The van der Waals surface area contributed by atoms with Crippen molar-refractivity contribution in [3.05, 3.63) is 47.1 Å². The Morgan fingerprint density at radius 2 is 2.05 bits per heavy atom.